The number of carboxylic acids is 1. The predicted octanol–water partition coefficient (Wildman–Crippen LogP) is 1.89. The Balaban J connectivity index is 1.93. The number of methoxy groups -OCH3 is 1. The molecule has 0 aliphatic heterocycles. The molecule has 2 atom stereocenters. The van der Waals surface area contributed by atoms with Crippen molar-refractivity contribution in [3.8, 4) is 0 Å². The zero-order chi connectivity index (χ0) is 15.7. The fraction of sp³-hybridized carbons (Fsp3) is 0.867. The number of aliphatic carboxylic acids is 1. The lowest BCUT2D eigenvalue weighted by Crippen LogP contribution is -2.66. The third-order valence-electron chi connectivity index (χ3n) is 5.24. The Hall–Kier alpha value is -1.30. The van der Waals surface area contributed by atoms with Crippen LogP contribution in [0.2, 0.25) is 0 Å². The Bertz CT molecular complexity index is 416. The van der Waals surface area contributed by atoms with E-state index in [0.717, 1.165) is 25.7 Å². The maximum atomic E-state index is 12.2. The van der Waals surface area contributed by atoms with Crippen LogP contribution in [-0.4, -0.2) is 41.9 Å². The molecule has 2 saturated carbocycles. The van der Waals surface area contributed by atoms with Crippen LogP contribution in [-0.2, 0) is 9.53 Å². The second kappa shape index (κ2) is 5.83. The summed E-state index contributed by atoms with van der Waals surface area (Å²) in [7, 11) is 1.67. The number of nitrogens with one attached hydrogen (secondary N) is 2. The molecule has 0 aromatic carbocycles. The molecule has 2 aliphatic carbocycles. The third-order valence-corrected chi connectivity index (χ3v) is 5.24. The minimum absolute atomic E-state index is 0.0110. The van der Waals surface area contributed by atoms with E-state index in [1.165, 1.54) is 0 Å². The van der Waals surface area contributed by atoms with E-state index >= 15 is 0 Å². The van der Waals surface area contributed by atoms with Crippen LogP contribution in [0.15, 0.2) is 0 Å². The van der Waals surface area contributed by atoms with Gasteiger partial charge in [0, 0.05) is 18.6 Å². The minimum atomic E-state index is -1.10. The summed E-state index contributed by atoms with van der Waals surface area (Å²) in [5, 5.41) is 15.1. The van der Waals surface area contributed by atoms with Crippen molar-refractivity contribution in [3.63, 3.8) is 0 Å². The quantitative estimate of drug-likeness (QED) is 0.739. The first-order chi connectivity index (χ1) is 9.82. The predicted molar refractivity (Wildman–Crippen MR) is 78.1 cm³/mol. The molecule has 2 aliphatic rings. The number of carbonyl (C=O) groups is 2. The fourth-order valence-electron chi connectivity index (χ4n) is 3.49. The van der Waals surface area contributed by atoms with Gasteiger partial charge in [0.15, 0.2) is 0 Å². The average molecular weight is 298 g/mol. The number of ether oxygens (including phenoxy) is 1. The van der Waals surface area contributed by atoms with E-state index in [1.807, 2.05) is 13.8 Å². The highest BCUT2D eigenvalue weighted by atomic mass is 16.5. The number of amides is 2. The Kier molecular flexibility index (Phi) is 4.46. The van der Waals surface area contributed by atoms with Crippen LogP contribution in [0.1, 0.15) is 52.4 Å². The van der Waals surface area contributed by atoms with Gasteiger partial charge in [0.2, 0.25) is 0 Å². The zero-order valence-corrected chi connectivity index (χ0v) is 13.1. The maximum absolute atomic E-state index is 12.2. The zero-order valence-electron chi connectivity index (χ0n) is 13.1. The van der Waals surface area contributed by atoms with Crippen molar-refractivity contribution in [1.29, 1.82) is 0 Å². The van der Waals surface area contributed by atoms with Crippen LogP contribution >= 0.6 is 0 Å². The van der Waals surface area contributed by atoms with Gasteiger partial charge in [-0.05, 0) is 19.3 Å². The van der Waals surface area contributed by atoms with Crippen molar-refractivity contribution in [1.82, 2.24) is 10.6 Å². The Labute approximate surface area is 125 Å². The number of rotatable bonds is 4. The first-order valence-corrected chi connectivity index (χ1v) is 7.67. The van der Waals surface area contributed by atoms with E-state index in [4.69, 9.17) is 4.74 Å². The van der Waals surface area contributed by atoms with E-state index in [2.05, 4.69) is 10.6 Å². The van der Waals surface area contributed by atoms with E-state index < -0.39 is 11.5 Å². The van der Waals surface area contributed by atoms with Crippen LogP contribution in [0.5, 0.6) is 0 Å². The molecule has 0 spiro atoms. The van der Waals surface area contributed by atoms with E-state index in [9.17, 15) is 14.7 Å². The van der Waals surface area contributed by atoms with Gasteiger partial charge in [-0.15, -0.1) is 0 Å². The molecule has 2 rings (SSSR count). The SMILES string of the molecule is COC1CC(NC(=O)NC2(C(=O)O)CCCCC2)C1(C)C. The van der Waals surface area contributed by atoms with Crippen molar-refractivity contribution in [2.45, 2.75) is 70.1 Å². The van der Waals surface area contributed by atoms with Gasteiger partial charge in [0.25, 0.3) is 0 Å². The average Bonchev–Trinajstić information content (AvgIpc) is 2.43. The molecule has 2 amide bonds. The van der Waals surface area contributed by atoms with Gasteiger partial charge in [-0.25, -0.2) is 9.59 Å². The van der Waals surface area contributed by atoms with E-state index in [0.29, 0.717) is 12.8 Å². The number of urea groups is 1. The molecule has 21 heavy (non-hydrogen) atoms. The van der Waals surface area contributed by atoms with Crippen molar-refractivity contribution < 1.29 is 19.4 Å². The molecular formula is C15H26N2O4. The molecule has 6 nitrogen and oxygen atoms in total. The van der Waals surface area contributed by atoms with Gasteiger partial charge < -0.3 is 20.5 Å². The molecule has 120 valence electrons. The van der Waals surface area contributed by atoms with Crippen molar-refractivity contribution in [2.75, 3.05) is 7.11 Å². The number of carbonyl (C=O) groups excluding carboxylic acids is 1. The summed E-state index contributed by atoms with van der Waals surface area (Å²) < 4.78 is 5.36. The third kappa shape index (κ3) is 3.00. The topological polar surface area (TPSA) is 87.7 Å². The van der Waals surface area contributed by atoms with Gasteiger partial charge in [0.1, 0.15) is 5.54 Å². The smallest absolute Gasteiger partial charge is 0.329 e. The van der Waals surface area contributed by atoms with Crippen LogP contribution in [0.4, 0.5) is 4.79 Å². The van der Waals surface area contributed by atoms with Gasteiger partial charge >= 0.3 is 12.0 Å². The van der Waals surface area contributed by atoms with E-state index in [-0.39, 0.29) is 23.6 Å². The monoisotopic (exact) mass is 298 g/mol. The molecular weight excluding hydrogens is 272 g/mol. The molecule has 0 bridgehead atoms. The normalized spacial score (nSPS) is 30.0. The highest BCUT2D eigenvalue weighted by molar-refractivity contribution is 5.86. The van der Waals surface area contributed by atoms with Crippen LogP contribution in [0, 0.1) is 5.41 Å². The lowest BCUT2D eigenvalue weighted by molar-refractivity contribution is -0.146. The van der Waals surface area contributed by atoms with Gasteiger partial charge in [0.05, 0.1) is 6.10 Å². The van der Waals surface area contributed by atoms with E-state index in [1.54, 1.807) is 7.11 Å². The molecule has 2 fully saturated rings. The first kappa shape index (κ1) is 16.1. The maximum Gasteiger partial charge on any atom is 0.329 e. The summed E-state index contributed by atoms with van der Waals surface area (Å²) in [5.41, 5.74) is -1.23. The molecule has 0 saturated heterocycles. The second-order valence-electron chi connectivity index (χ2n) is 6.88. The molecule has 3 N–H and O–H groups in total. The summed E-state index contributed by atoms with van der Waals surface area (Å²) in [6, 6.07) is -0.371. The van der Waals surface area contributed by atoms with Crippen molar-refractivity contribution in [2.24, 2.45) is 5.41 Å². The molecule has 0 aromatic rings. The first-order valence-electron chi connectivity index (χ1n) is 7.67. The molecule has 0 heterocycles. The summed E-state index contributed by atoms with van der Waals surface area (Å²) in [4.78, 5) is 23.7. The lowest BCUT2D eigenvalue weighted by atomic mass is 9.64. The summed E-state index contributed by atoms with van der Waals surface area (Å²) in [6.45, 7) is 4.09. The minimum Gasteiger partial charge on any atom is -0.480 e. The largest absolute Gasteiger partial charge is 0.480 e. The van der Waals surface area contributed by atoms with Crippen LogP contribution in [0.25, 0.3) is 0 Å². The van der Waals surface area contributed by atoms with Gasteiger partial charge in [-0.2, -0.15) is 0 Å². The Morgan fingerprint density at radius 2 is 1.81 bits per heavy atom. The van der Waals surface area contributed by atoms with Crippen LogP contribution in [0.3, 0.4) is 0 Å². The van der Waals surface area contributed by atoms with Gasteiger partial charge in [-0.1, -0.05) is 33.1 Å². The summed E-state index contributed by atoms with van der Waals surface area (Å²) in [6.07, 6.45) is 4.61. The molecule has 0 radical (unpaired) electrons. The lowest BCUT2D eigenvalue weighted by Gasteiger charge is -2.51. The number of hydrogen-bond donors (Lipinski definition) is 3. The van der Waals surface area contributed by atoms with Gasteiger partial charge in [-0.3, -0.25) is 0 Å². The molecule has 6 heteroatoms. The highest BCUT2D eigenvalue weighted by Crippen LogP contribution is 2.42. The Morgan fingerprint density at radius 3 is 2.29 bits per heavy atom. The second-order valence-corrected chi connectivity index (χ2v) is 6.88. The standard InChI is InChI=1S/C15H26N2O4/c1-14(2)10(9-11(14)21-3)16-13(20)17-15(12(18)19)7-5-4-6-8-15/h10-11H,4-9H2,1-3H3,(H,18,19)(H2,16,17,20). The molecule has 0 aromatic heterocycles. The van der Waals surface area contributed by atoms with Crippen molar-refractivity contribution >= 4 is 12.0 Å². The summed E-state index contributed by atoms with van der Waals surface area (Å²) >= 11 is 0. The number of hydrogen-bond acceptors (Lipinski definition) is 3. The highest BCUT2D eigenvalue weighted by Gasteiger charge is 2.50. The van der Waals surface area contributed by atoms with Crippen molar-refractivity contribution in [3.05, 3.63) is 0 Å². The Morgan fingerprint density at radius 1 is 1.19 bits per heavy atom. The fourth-order valence-corrected chi connectivity index (χ4v) is 3.49. The van der Waals surface area contributed by atoms with Crippen LogP contribution < -0.4 is 10.6 Å². The number of carboxylic acid groups (broad SMARTS) is 1. The summed E-state index contributed by atoms with van der Waals surface area (Å²) in [5.74, 6) is -0.931. The molecule has 2 unspecified atom stereocenters.